The Morgan fingerprint density at radius 1 is 1.35 bits per heavy atom. The van der Waals surface area contributed by atoms with Crippen LogP contribution in [0.25, 0.3) is 0 Å². The molecule has 17 heavy (non-hydrogen) atoms. The summed E-state index contributed by atoms with van der Waals surface area (Å²) in [5.74, 6) is -0.0123. The van der Waals surface area contributed by atoms with Gasteiger partial charge in [-0.1, -0.05) is 39.0 Å². The summed E-state index contributed by atoms with van der Waals surface area (Å²) in [6.45, 7) is 2.98. The molecule has 0 fully saturated rings. The second-order valence-corrected chi connectivity index (χ2v) is 6.31. The van der Waals surface area contributed by atoms with Crippen molar-refractivity contribution in [2.24, 2.45) is 0 Å². The normalized spacial score (nSPS) is 10.5. The molecule has 0 aliphatic heterocycles. The summed E-state index contributed by atoms with van der Waals surface area (Å²) in [7, 11) is 0. The SMILES string of the molecule is CCCCCCCCNC(=O)c1cnc(Br)s1. The number of halogens is 1. The number of nitrogens with one attached hydrogen (secondary N) is 1. The minimum Gasteiger partial charge on any atom is -0.351 e. The van der Waals surface area contributed by atoms with Crippen LogP contribution in [-0.4, -0.2) is 17.4 Å². The molecule has 1 amide bonds. The molecule has 1 heterocycles. The predicted octanol–water partition coefficient (Wildman–Crippen LogP) is 4.00. The molecule has 1 rings (SSSR count). The monoisotopic (exact) mass is 318 g/mol. The number of amides is 1. The Kier molecular flexibility index (Phi) is 7.44. The molecule has 0 saturated heterocycles. The van der Waals surface area contributed by atoms with Gasteiger partial charge in [0.2, 0.25) is 0 Å². The van der Waals surface area contributed by atoms with E-state index in [1.54, 1.807) is 6.20 Å². The molecule has 0 radical (unpaired) electrons. The maximum atomic E-state index is 11.6. The van der Waals surface area contributed by atoms with Crippen LogP contribution in [0.2, 0.25) is 0 Å². The lowest BCUT2D eigenvalue weighted by Gasteiger charge is -2.03. The van der Waals surface area contributed by atoms with E-state index in [-0.39, 0.29) is 5.91 Å². The molecule has 0 unspecified atom stereocenters. The smallest absolute Gasteiger partial charge is 0.263 e. The van der Waals surface area contributed by atoms with Gasteiger partial charge in [0.05, 0.1) is 6.20 Å². The third kappa shape index (κ3) is 6.17. The van der Waals surface area contributed by atoms with Crippen LogP contribution in [0.1, 0.15) is 55.1 Å². The van der Waals surface area contributed by atoms with E-state index in [1.165, 1.54) is 43.4 Å². The summed E-state index contributed by atoms with van der Waals surface area (Å²) in [4.78, 5) is 16.3. The molecule has 5 heteroatoms. The molecular formula is C12H19BrN2OS. The number of nitrogens with zero attached hydrogens (tertiary/aromatic N) is 1. The zero-order valence-electron chi connectivity index (χ0n) is 10.2. The Morgan fingerprint density at radius 2 is 2.06 bits per heavy atom. The zero-order chi connectivity index (χ0) is 12.5. The summed E-state index contributed by atoms with van der Waals surface area (Å²) < 4.78 is 0.752. The average Bonchev–Trinajstić information content (AvgIpc) is 2.74. The minimum atomic E-state index is -0.0123. The molecule has 0 spiro atoms. The Bertz CT molecular complexity index is 341. The van der Waals surface area contributed by atoms with Crippen molar-refractivity contribution in [3.8, 4) is 0 Å². The molecule has 3 nitrogen and oxygen atoms in total. The highest BCUT2D eigenvalue weighted by Crippen LogP contribution is 2.18. The van der Waals surface area contributed by atoms with E-state index in [4.69, 9.17) is 0 Å². The van der Waals surface area contributed by atoms with Gasteiger partial charge >= 0.3 is 0 Å². The van der Waals surface area contributed by atoms with E-state index in [1.807, 2.05) is 0 Å². The lowest BCUT2D eigenvalue weighted by atomic mass is 10.1. The Morgan fingerprint density at radius 3 is 2.71 bits per heavy atom. The maximum absolute atomic E-state index is 11.6. The summed E-state index contributed by atoms with van der Waals surface area (Å²) in [5, 5.41) is 2.91. The van der Waals surface area contributed by atoms with Crippen LogP contribution in [0.5, 0.6) is 0 Å². The van der Waals surface area contributed by atoms with Crippen LogP contribution in [-0.2, 0) is 0 Å². The first-order valence-corrected chi connectivity index (χ1v) is 7.74. The number of hydrogen-bond donors (Lipinski definition) is 1. The topological polar surface area (TPSA) is 42.0 Å². The van der Waals surface area contributed by atoms with Gasteiger partial charge in [-0.05, 0) is 22.4 Å². The first-order valence-electron chi connectivity index (χ1n) is 6.13. The molecule has 0 aliphatic rings. The van der Waals surface area contributed by atoms with Crippen LogP contribution in [0.4, 0.5) is 0 Å². The Hall–Kier alpha value is -0.420. The number of rotatable bonds is 8. The minimum absolute atomic E-state index is 0.0123. The van der Waals surface area contributed by atoms with E-state index < -0.39 is 0 Å². The van der Waals surface area contributed by atoms with Crippen molar-refractivity contribution in [1.29, 1.82) is 0 Å². The fraction of sp³-hybridized carbons (Fsp3) is 0.667. The second-order valence-electron chi connectivity index (χ2n) is 4.00. The zero-order valence-corrected chi connectivity index (χ0v) is 12.6. The van der Waals surface area contributed by atoms with E-state index in [0.717, 1.165) is 16.9 Å². The van der Waals surface area contributed by atoms with Gasteiger partial charge in [0, 0.05) is 6.54 Å². The molecule has 1 aromatic rings. The molecule has 0 aromatic carbocycles. The molecule has 0 atom stereocenters. The lowest BCUT2D eigenvalue weighted by molar-refractivity contribution is 0.0957. The van der Waals surface area contributed by atoms with Crippen molar-refractivity contribution in [3.63, 3.8) is 0 Å². The highest BCUT2D eigenvalue weighted by Gasteiger charge is 2.08. The van der Waals surface area contributed by atoms with Crippen molar-refractivity contribution in [3.05, 3.63) is 15.0 Å². The van der Waals surface area contributed by atoms with Gasteiger partial charge in [-0.15, -0.1) is 11.3 Å². The van der Waals surface area contributed by atoms with E-state index in [2.05, 4.69) is 33.2 Å². The second kappa shape index (κ2) is 8.64. The Balaban J connectivity index is 2.05. The highest BCUT2D eigenvalue weighted by molar-refractivity contribution is 9.11. The summed E-state index contributed by atoms with van der Waals surface area (Å²) in [6.07, 6.45) is 9.05. The number of aromatic nitrogens is 1. The van der Waals surface area contributed by atoms with Gasteiger partial charge < -0.3 is 5.32 Å². The number of carbonyl (C=O) groups excluding carboxylic acids is 1. The van der Waals surface area contributed by atoms with Crippen LogP contribution < -0.4 is 5.32 Å². The standard InChI is InChI=1S/C12H19BrN2OS/c1-2-3-4-5-6-7-8-14-11(16)10-9-15-12(13)17-10/h9H,2-8H2,1H3,(H,14,16). The van der Waals surface area contributed by atoms with Gasteiger partial charge in [-0.25, -0.2) is 4.98 Å². The molecule has 1 N–H and O–H groups in total. The van der Waals surface area contributed by atoms with Crippen LogP contribution >= 0.6 is 27.3 Å². The first kappa shape index (κ1) is 14.6. The number of unbranched alkanes of at least 4 members (excludes halogenated alkanes) is 5. The highest BCUT2D eigenvalue weighted by atomic mass is 79.9. The third-order valence-corrected chi connectivity index (χ3v) is 3.99. The number of hydrogen-bond acceptors (Lipinski definition) is 3. The molecule has 1 aromatic heterocycles. The summed E-state index contributed by atoms with van der Waals surface area (Å²) in [5.41, 5.74) is 0. The molecule has 96 valence electrons. The van der Waals surface area contributed by atoms with E-state index in [9.17, 15) is 4.79 Å². The van der Waals surface area contributed by atoms with Gasteiger partial charge in [-0.2, -0.15) is 0 Å². The number of thiazole rings is 1. The maximum Gasteiger partial charge on any atom is 0.263 e. The molecule has 0 aliphatic carbocycles. The van der Waals surface area contributed by atoms with E-state index in [0.29, 0.717) is 4.88 Å². The van der Waals surface area contributed by atoms with Crippen LogP contribution in [0.15, 0.2) is 10.1 Å². The van der Waals surface area contributed by atoms with Crippen molar-refractivity contribution in [2.75, 3.05) is 6.54 Å². The molecular weight excluding hydrogens is 300 g/mol. The van der Waals surface area contributed by atoms with Gasteiger partial charge in [-0.3, -0.25) is 4.79 Å². The van der Waals surface area contributed by atoms with E-state index >= 15 is 0 Å². The molecule has 0 saturated carbocycles. The van der Waals surface area contributed by atoms with Crippen molar-refractivity contribution in [1.82, 2.24) is 10.3 Å². The van der Waals surface area contributed by atoms with Gasteiger partial charge in [0.15, 0.2) is 3.92 Å². The third-order valence-electron chi connectivity index (χ3n) is 2.52. The van der Waals surface area contributed by atoms with Crippen LogP contribution in [0.3, 0.4) is 0 Å². The fourth-order valence-electron chi connectivity index (χ4n) is 1.55. The summed E-state index contributed by atoms with van der Waals surface area (Å²) in [6, 6.07) is 0. The van der Waals surface area contributed by atoms with Gasteiger partial charge in [0.1, 0.15) is 4.88 Å². The molecule has 0 bridgehead atoms. The van der Waals surface area contributed by atoms with Crippen molar-refractivity contribution in [2.45, 2.75) is 45.4 Å². The van der Waals surface area contributed by atoms with Crippen molar-refractivity contribution >= 4 is 33.2 Å². The fourth-order valence-corrected chi connectivity index (χ4v) is 2.73. The van der Waals surface area contributed by atoms with Gasteiger partial charge in [0.25, 0.3) is 5.91 Å². The quantitative estimate of drug-likeness (QED) is 0.736. The average molecular weight is 319 g/mol. The lowest BCUT2D eigenvalue weighted by Crippen LogP contribution is -2.23. The van der Waals surface area contributed by atoms with Crippen LogP contribution in [0, 0.1) is 0 Å². The predicted molar refractivity (Wildman–Crippen MR) is 75.5 cm³/mol. The largest absolute Gasteiger partial charge is 0.351 e. The number of carbonyl (C=O) groups is 1. The van der Waals surface area contributed by atoms with Crippen molar-refractivity contribution < 1.29 is 4.79 Å². The summed E-state index contributed by atoms with van der Waals surface area (Å²) >= 11 is 4.61. The Labute approximate surface area is 115 Å². The first-order chi connectivity index (χ1) is 8.24.